The Labute approximate surface area is 267 Å². The highest BCUT2D eigenvalue weighted by molar-refractivity contribution is 8.77. The summed E-state index contributed by atoms with van der Waals surface area (Å²) in [5.74, 6) is 0.514. The van der Waals surface area contributed by atoms with Crippen LogP contribution in [0.25, 0.3) is 0 Å². The highest BCUT2D eigenvalue weighted by Gasteiger charge is 2.31. The van der Waals surface area contributed by atoms with Crippen LogP contribution in [0.15, 0.2) is 97.4 Å². The molecule has 0 saturated heterocycles. The Morgan fingerprint density at radius 3 is 1.98 bits per heavy atom. The van der Waals surface area contributed by atoms with Crippen LogP contribution in [0.1, 0.15) is 82.5 Å². The summed E-state index contributed by atoms with van der Waals surface area (Å²) >= 11 is 0. The van der Waals surface area contributed by atoms with Gasteiger partial charge in [-0.2, -0.15) is 0 Å². The van der Waals surface area contributed by atoms with Gasteiger partial charge in [-0.15, -0.1) is 0 Å². The van der Waals surface area contributed by atoms with Gasteiger partial charge in [-0.25, -0.2) is 0 Å². The molecule has 1 rings (SSSR count). The van der Waals surface area contributed by atoms with Crippen LogP contribution in [0.4, 0.5) is 0 Å². The van der Waals surface area contributed by atoms with Gasteiger partial charge in [-0.1, -0.05) is 101 Å². The first-order valence-electron chi connectivity index (χ1n) is 15.2. The van der Waals surface area contributed by atoms with E-state index in [9.17, 15) is 14.7 Å². The average molecular weight is 626 g/mol. The molecule has 0 fully saturated rings. The number of carbonyl (C=O) groups excluding carboxylic acids is 2. The van der Waals surface area contributed by atoms with Gasteiger partial charge in [-0.05, 0) is 70.9 Å². The molecule has 0 bridgehead atoms. The highest BCUT2D eigenvalue weighted by atomic mass is 33.1. The van der Waals surface area contributed by atoms with E-state index < -0.39 is 10.8 Å². The minimum Gasteiger partial charge on any atom is -0.394 e. The number of nitrogens with zero attached hydrogens (tertiary/aromatic N) is 1. The fourth-order valence-electron chi connectivity index (χ4n) is 3.60. The fourth-order valence-corrected chi connectivity index (χ4v) is 6.19. The Hall–Kier alpha value is -2.81. The summed E-state index contributed by atoms with van der Waals surface area (Å²) in [7, 11) is 3.20. The van der Waals surface area contributed by atoms with Crippen molar-refractivity contribution in [1.29, 1.82) is 0 Å². The van der Waals surface area contributed by atoms with E-state index in [1.54, 1.807) is 39.9 Å². The van der Waals surface area contributed by atoms with Crippen molar-refractivity contribution >= 4 is 33.4 Å². The van der Waals surface area contributed by atoms with Crippen LogP contribution in [0.3, 0.4) is 0 Å². The summed E-state index contributed by atoms with van der Waals surface area (Å²) in [4.78, 5) is 28.5. The molecule has 0 spiro atoms. The van der Waals surface area contributed by atoms with E-state index in [0.29, 0.717) is 18.5 Å². The van der Waals surface area contributed by atoms with Crippen molar-refractivity contribution in [3.05, 3.63) is 103 Å². The Bertz CT molecular complexity index is 1060. The lowest BCUT2D eigenvalue weighted by molar-refractivity contribution is -0.120. The number of carbonyl (C=O) groups is 2. The first kappa shape index (κ1) is 38.2. The number of amides is 2. The number of aliphatic hydroxyl groups excluding tert-OH is 1. The van der Waals surface area contributed by atoms with E-state index in [0.717, 1.165) is 50.7 Å². The quantitative estimate of drug-likeness (QED) is 0.0650. The van der Waals surface area contributed by atoms with Gasteiger partial charge in [0.05, 0.1) is 18.2 Å². The largest absolute Gasteiger partial charge is 0.394 e. The van der Waals surface area contributed by atoms with Gasteiger partial charge in [0, 0.05) is 35.9 Å². The number of aromatic nitrogens is 1. The van der Waals surface area contributed by atoms with Crippen molar-refractivity contribution in [2.75, 3.05) is 18.9 Å². The summed E-state index contributed by atoms with van der Waals surface area (Å²) in [6, 6.07) is 2.97. The minimum atomic E-state index is -0.423. The lowest BCUT2D eigenvalue weighted by Crippen LogP contribution is -2.49. The number of allylic oxidation sites excluding steroid dienone is 12. The summed E-state index contributed by atoms with van der Waals surface area (Å²) in [5.41, 5.74) is 0.459. The second kappa shape index (κ2) is 25.7. The zero-order valence-electron chi connectivity index (χ0n) is 26.1. The standard InChI is InChI=1S/C35H51N3O3S2/c1-4-5-6-7-8-9-10-11-12-13-14-15-16-17-18-19-20-21-22-25-33(40)37-27-28-42-43-35(2,3)32(30-39)38-34(41)31-24-23-26-36-29-31/h5-6,8-9,11-12,14-15,17-18,20-21,23-24,26,29,32,39H,4,7,10,13,16,19,22,25,27-28,30H2,1-3H3,(H,37,40)(H,38,41)/b6-5-,9-8-,12-11-,15-14-,18-17-,21-20-/t32-/m1/s1. The maximum Gasteiger partial charge on any atom is 0.253 e. The molecule has 1 aromatic heterocycles. The molecule has 0 unspecified atom stereocenters. The third kappa shape index (κ3) is 20.7. The van der Waals surface area contributed by atoms with Crippen LogP contribution >= 0.6 is 21.6 Å². The van der Waals surface area contributed by atoms with E-state index in [-0.39, 0.29) is 18.4 Å². The van der Waals surface area contributed by atoms with Gasteiger partial charge in [-0.3, -0.25) is 14.6 Å². The number of nitrogens with one attached hydrogen (secondary N) is 2. The molecule has 1 aromatic rings. The van der Waals surface area contributed by atoms with Gasteiger partial charge in [0.15, 0.2) is 0 Å². The molecule has 6 nitrogen and oxygen atoms in total. The molecule has 8 heteroatoms. The molecule has 43 heavy (non-hydrogen) atoms. The monoisotopic (exact) mass is 625 g/mol. The van der Waals surface area contributed by atoms with Gasteiger partial charge >= 0.3 is 0 Å². The van der Waals surface area contributed by atoms with E-state index in [1.807, 2.05) is 13.8 Å². The van der Waals surface area contributed by atoms with Crippen molar-refractivity contribution < 1.29 is 14.7 Å². The molecule has 0 aliphatic rings. The molecule has 0 radical (unpaired) electrons. The molecule has 3 N–H and O–H groups in total. The number of pyridine rings is 1. The first-order chi connectivity index (χ1) is 20.9. The Morgan fingerprint density at radius 2 is 1.47 bits per heavy atom. The predicted octanol–water partition coefficient (Wildman–Crippen LogP) is 7.93. The summed E-state index contributed by atoms with van der Waals surface area (Å²) in [6.07, 6.45) is 36.2. The summed E-state index contributed by atoms with van der Waals surface area (Å²) in [6.45, 7) is 6.52. The molecule has 0 aliphatic carbocycles. The molecule has 0 aliphatic heterocycles. The SMILES string of the molecule is CC/C=C\C/C=C\C/C=C\C/C=C\C/C=C\C/C=C\CCC(=O)NCCSSC(C)(C)[C@@H](CO)NC(=O)c1cccnc1. The Balaban J connectivity index is 2.08. The first-order valence-corrected chi connectivity index (χ1v) is 17.5. The second-order valence-corrected chi connectivity index (χ2v) is 13.3. The molecule has 0 aromatic carbocycles. The lowest BCUT2D eigenvalue weighted by Gasteiger charge is -2.32. The van der Waals surface area contributed by atoms with Crippen LogP contribution in [-0.2, 0) is 4.79 Å². The zero-order valence-corrected chi connectivity index (χ0v) is 27.8. The molecule has 236 valence electrons. The van der Waals surface area contributed by atoms with Crippen molar-refractivity contribution in [1.82, 2.24) is 15.6 Å². The van der Waals surface area contributed by atoms with Crippen LogP contribution in [0.5, 0.6) is 0 Å². The molecule has 0 saturated carbocycles. The predicted molar refractivity (Wildman–Crippen MR) is 187 cm³/mol. The molecule has 2 amide bonds. The minimum absolute atomic E-state index is 0.0429. The molecule has 1 heterocycles. The topological polar surface area (TPSA) is 91.3 Å². The molecular weight excluding hydrogens is 575 g/mol. The third-order valence-electron chi connectivity index (χ3n) is 6.17. The molecule has 1 atom stereocenters. The van der Waals surface area contributed by atoms with Crippen molar-refractivity contribution in [3.8, 4) is 0 Å². The van der Waals surface area contributed by atoms with Crippen molar-refractivity contribution in [2.24, 2.45) is 0 Å². The fraction of sp³-hybridized carbons (Fsp3) is 0.457. The van der Waals surface area contributed by atoms with Gasteiger partial charge < -0.3 is 15.7 Å². The number of hydrogen-bond donors (Lipinski definition) is 3. The van der Waals surface area contributed by atoms with Crippen LogP contribution in [0.2, 0.25) is 0 Å². The van der Waals surface area contributed by atoms with E-state index in [4.69, 9.17) is 0 Å². The lowest BCUT2D eigenvalue weighted by atomic mass is 10.0. The number of rotatable bonds is 23. The molecular formula is C35H51N3O3S2. The number of aliphatic hydroxyl groups is 1. The van der Waals surface area contributed by atoms with Gasteiger partial charge in [0.2, 0.25) is 5.91 Å². The van der Waals surface area contributed by atoms with Crippen molar-refractivity contribution in [2.45, 2.75) is 82.9 Å². The normalized spacial score (nSPS) is 13.4. The summed E-state index contributed by atoms with van der Waals surface area (Å²) < 4.78 is -0.405. The second-order valence-electron chi connectivity index (χ2n) is 10.3. The smallest absolute Gasteiger partial charge is 0.253 e. The van der Waals surface area contributed by atoms with Crippen LogP contribution in [0, 0.1) is 0 Å². The Kier molecular flexibility index (Phi) is 22.8. The van der Waals surface area contributed by atoms with Crippen LogP contribution in [-0.4, -0.2) is 51.6 Å². The highest BCUT2D eigenvalue weighted by Crippen LogP contribution is 2.37. The van der Waals surface area contributed by atoms with Crippen LogP contribution < -0.4 is 10.6 Å². The van der Waals surface area contributed by atoms with Crippen molar-refractivity contribution in [3.63, 3.8) is 0 Å². The maximum atomic E-state index is 12.4. The third-order valence-corrected chi connectivity index (χ3v) is 9.51. The average Bonchev–Trinajstić information content (AvgIpc) is 3.01. The van der Waals surface area contributed by atoms with E-state index in [1.165, 1.54) is 6.20 Å². The zero-order chi connectivity index (χ0) is 31.4. The number of hydrogen-bond acceptors (Lipinski definition) is 6. The van der Waals surface area contributed by atoms with E-state index >= 15 is 0 Å². The Morgan fingerprint density at radius 1 is 0.907 bits per heavy atom. The summed E-state index contributed by atoms with van der Waals surface area (Å²) in [5, 5.41) is 15.7. The van der Waals surface area contributed by atoms with E-state index in [2.05, 4.69) is 95.5 Å². The van der Waals surface area contributed by atoms with Gasteiger partial charge in [0.1, 0.15) is 0 Å². The van der Waals surface area contributed by atoms with Gasteiger partial charge in [0.25, 0.3) is 5.91 Å². The maximum absolute atomic E-state index is 12.4.